The van der Waals surface area contributed by atoms with E-state index in [0.29, 0.717) is 44.6 Å². The number of nitrogens with zero attached hydrogens (tertiary/aromatic N) is 2. The Hall–Kier alpha value is -3.22. The van der Waals surface area contributed by atoms with Crippen LogP contribution in [-0.4, -0.2) is 59.7 Å². The van der Waals surface area contributed by atoms with E-state index in [1.165, 1.54) is 18.2 Å². The molecule has 33 heavy (non-hydrogen) atoms. The van der Waals surface area contributed by atoms with E-state index in [2.05, 4.69) is 5.32 Å². The molecule has 1 atom stereocenters. The van der Waals surface area contributed by atoms with Crippen LogP contribution in [0.1, 0.15) is 53.0 Å². The zero-order valence-corrected chi connectivity index (χ0v) is 19.5. The third-order valence-corrected chi connectivity index (χ3v) is 6.42. The summed E-state index contributed by atoms with van der Waals surface area (Å²) in [7, 11) is 0. The first-order valence-electron chi connectivity index (χ1n) is 11.6. The third-order valence-electron chi connectivity index (χ3n) is 6.42. The molecule has 0 saturated carbocycles. The van der Waals surface area contributed by atoms with Crippen LogP contribution >= 0.6 is 0 Å². The van der Waals surface area contributed by atoms with E-state index in [0.717, 1.165) is 5.56 Å². The van der Waals surface area contributed by atoms with Crippen molar-refractivity contribution in [2.75, 3.05) is 26.2 Å². The quantitative estimate of drug-likeness (QED) is 0.696. The van der Waals surface area contributed by atoms with Crippen molar-refractivity contribution in [1.82, 2.24) is 15.1 Å². The minimum absolute atomic E-state index is 0.0199. The van der Waals surface area contributed by atoms with Gasteiger partial charge in [-0.1, -0.05) is 30.3 Å². The number of hydrogen-bond acceptors (Lipinski definition) is 3. The standard InChI is InChI=1S/C26H32FN3O3/c1-4-29(5-2)26(33)23(28-24(31)21-12-8-9-13-22(21)27)19-14-16-30(17-15-19)25(32)20-11-7-6-10-18(20)3/h6-13,19,23H,4-5,14-17H2,1-3H3,(H,28,31). The lowest BCUT2D eigenvalue weighted by atomic mass is 9.87. The molecule has 0 radical (unpaired) electrons. The normalized spacial score (nSPS) is 15.1. The maximum absolute atomic E-state index is 14.2. The van der Waals surface area contributed by atoms with Gasteiger partial charge in [0.05, 0.1) is 5.56 Å². The topological polar surface area (TPSA) is 69.7 Å². The first-order valence-corrected chi connectivity index (χ1v) is 11.6. The SMILES string of the molecule is CCN(CC)C(=O)C(NC(=O)c1ccccc1F)C1CCN(C(=O)c2ccccc2C)CC1. The Bertz CT molecular complexity index is 998. The summed E-state index contributed by atoms with van der Waals surface area (Å²) in [5, 5.41) is 2.80. The highest BCUT2D eigenvalue weighted by atomic mass is 19.1. The van der Waals surface area contributed by atoms with Crippen LogP contribution in [0.15, 0.2) is 48.5 Å². The van der Waals surface area contributed by atoms with Gasteiger partial charge in [0, 0.05) is 31.7 Å². The van der Waals surface area contributed by atoms with Crippen molar-refractivity contribution in [3.8, 4) is 0 Å². The fourth-order valence-corrected chi connectivity index (χ4v) is 4.40. The summed E-state index contributed by atoms with van der Waals surface area (Å²) in [6.07, 6.45) is 1.15. The summed E-state index contributed by atoms with van der Waals surface area (Å²) in [5.41, 5.74) is 1.53. The molecule has 0 aromatic heterocycles. The second kappa shape index (κ2) is 11.1. The Kier molecular flexibility index (Phi) is 8.20. The van der Waals surface area contributed by atoms with Crippen LogP contribution < -0.4 is 5.32 Å². The average molecular weight is 454 g/mol. The molecule has 3 rings (SSSR count). The van der Waals surface area contributed by atoms with Gasteiger partial charge in [-0.2, -0.15) is 0 Å². The number of carbonyl (C=O) groups is 3. The summed E-state index contributed by atoms with van der Waals surface area (Å²) in [4.78, 5) is 42.6. The molecule has 0 aliphatic carbocycles. The Morgan fingerprint density at radius 1 is 1.00 bits per heavy atom. The van der Waals surface area contributed by atoms with Crippen LogP contribution in [0.4, 0.5) is 4.39 Å². The third kappa shape index (κ3) is 5.59. The predicted molar refractivity (Wildman–Crippen MR) is 125 cm³/mol. The maximum Gasteiger partial charge on any atom is 0.254 e. The van der Waals surface area contributed by atoms with Crippen LogP contribution in [0.2, 0.25) is 0 Å². The number of halogens is 1. The van der Waals surface area contributed by atoms with E-state index in [4.69, 9.17) is 0 Å². The molecule has 1 aliphatic rings. The molecule has 1 heterocycles. The highest BCUT2D eigenvalue weighted by Crippen LogP contribution is 2.25. The van der Waals surface area contributed by atoms with Crippen molar-refractivity contribution in [3.63, 3.8) is 0 Å². The first kappa shape index (κ1) is 24.4. The average Bonchev–Trinajstić information content (AvgIpc) is 2.83. The largest absolute Gasteiger partial charge is 0.341 e. The van der Waals surface area contributed by atoms with Crippen molar-refractivity contribution >= 4 is 17.7 Å². The van der Waals surface area contributed by atoms with Gasteiger partial charge in [0.15, 0.2) is 0 Å². The lowest BCUT2D eigenvalue weighted by Gasteiger charge is -2.37. The van der Waals surface area contributed by atoms with Gasteiger partial charge < -0.3 is 15.1 Å². The Morgan fingerprint density at radius 2 is 1.58 bits per heavy atom. The molecular weight excluding hydrogens is 421 g/mol. The molecule has 1 aliphatic heterocycles. The molecule has 1 unspecified atom stereocenters. The predicted octanol–water partition coefficient (Wildman–Crippen LogP) is 3.65. The molecule has 2 aromatic carbocycles. The van der Waals surface area contributed by atoms with Crippen molar-refractivity contribution in [3.05, 3.63) is 71.0 Å². The number of aryl methyl sites for hydroxylation is 1. The van der Waals surface area contributed by atoms with Crippen LogP contribution in [-0.2, 0) is 4.79 Å². The van der Waals surface area contributed by atoms with Crippen LogP contribution in [0.5, 0.6) is 0 Å². The summed E-state index contributed by atoms with van der Waals surface area (Å²) in [6, 6.07) is 12.5. The number of carbonyl (C=O) groups excluding carboxylic acids is 3. The van der Waals surface area contributed by atoms with Gasteiger partial charge in [0.2, 0.25) is 5.91 Å². The molecule has 6 nitrogen and oxygen atoms in total. The minimum Gasteiger partial charge on any atom is -0.341 e. The summed E-state index contributed by atoms with van der Waals surface area (Å²) in [5.74, 6) is -1.56. The Morgan fingerprint density at radius 3 is 2.15 bits per heavy atom. The number of nitrogens with one attached hydrogen (secondary N) is 1. The molecule has 7 heteroatoms. The van der Waals surface area contributed by atoms with E-state index in [1.54, 1.807) is 15.9 Å². The number of piperidine rings is 1. The Labute approximate surface area is 194 Å². The minimum atomic E-state index is -0.771. The number of likely N-dealkylation sites (tertiary alicyclic amines) is 1. The van der Waals surface area contributed by atoms with Crippen molar-refractivity contribution in [2.45, 2.75) is 39.7 Å². The van der Waals surface area contributed by atoms with Crippen molar-refractivity contribution in [1.29, 1.82) is 0 Å². The molecular formula is C26H32FN3O3. The van der Waals surface area contributed by atoms with Crippen molar-refractivity contribution < 1.29 is 18.8 Å². The number of benzene rings is 2. The smallest absolute Gasteiger partial charge is 0.254 e. The highest BCUT2D eigenvalue weighted by molar-refractivity contribution is 5.98. The lowest BCUT2D eigenvalue weighted by molar-refractivity contribution is -0.134. The fourth-order valence-electron chi connectivity index (χ4n) is 4.40. The maximum atomic E-state index is 14.2. The number of likely N-dealkylation sites (N-methyl/N-ethyl adjacent to an activating group) is 1. The summed E-state index contributed by atoms with van der Waals surface area (Å²) in [6.45, 7) is 7.72. The van der Waals surface area contributed by atoms with Crippen molar-refractivity contribution in [2.24, 2.45) is 5.92 Å². The first-order chi connectivity index (χ1) is 15.9. The summed E-state index contributed by atoms with van der Waals surface area (Å²) >= 11 is 0. The van der Waals surface area contributed by atoms with E-state index < -0.39 is 17.8 Å². The molecule has 1 saturated heterocycles. The molecule has 0 spiro atoms. The molecule has 1 fully saturated rings. The number of amides is 3. The second-order valence-corrected chi connectivity index (χ2v) is 8.39. The second-order valence-electron chi connectivity index (χ2n) is 8.39. The van der Waals surface area contributed by atoms with Crippen LogP contribution in [0.25, 0.3) is 0 Å². The van der Waals surface area contributed by atoms with Gasteiger partial charge in [-0.3, -0.25) is 14.4 Å². The zero-order valence-electron chi connectivity index (χ0n) is 19.5. The number of hydrogen-bond donors (Lipinski definition) is 1. The van der Waals surface area contributed by atoms with Gasteiger partial charge in [-0.15, -0.1) is 0 Å². The lowest BCUT2D eigenvalue weighted by Crippen LogP contribution is -2.54. The van der Waals surface area contributed by atoms with E-state index in [9.17, 15) is 18.8 Å². The van der Waals surface area contributed by atoms with Gasteiger partial charge in [0.1, 0.15) is 11.9 Å². The van der Waals surface area contributed by atoms with Gasteiger partial charge >= 0.3 is 0 Å². The zero-order chi connectivity index (χ0) is 24.0. The van der Waals surface area contributed by atoms with Crippen LogP contribution in [0.3, 0.4) is 0 Å². The molecule has 2 aromatic rings. The highest BCUT2D eigenvalue weighted by Gasteiger charge is 2.36. The molecule has 176 valence electrons. The molecule has 1 N–H and O–H groups in total. The molecule has 3 amide bonds. The molecule has 0 bridgehead atoms. The Balaban J connectivity index is 1.75. The number of rotatable bonds is 7. The van der Waals surface area contributed by atoms with E-state index in [1.807, 2.05) is 45.0 Å². The van der Waals surface area contributed by atoms with Gasteiger partial charge in [-0.05, 0) is 63.3 Å². The summed E-state index contributed by atoms with van der Waals surface area (Å²) < 4.78 is 14.2. The van der Waals surface area contributed by atoms with Gasteiger partial charge in [-0.25, -0.2) is 4.39 Å². The monoisotopic (exact) mass is 453 g/mol. The van der Waals surface area contributed by atoms with Gasteiger partial charge in [0.25, 0.3) is 11.8 Å². The van der Waals surface area contributed by atoms with Crippen LogP contribution in [0, 0.1) is 18.7 Å². The fraction of sp³-hybridized carbons (Fsp3) is 0.423. The van der Waals surface area contributed by atoms with E-state index in [-0.39, 0.29) is 23.3 Å². The van der Waals surface area contributed by atoms with E-state index >= 15 is 0 Å².